The van der Waals surface area contributed by atoms with Crippen LogP contribution < -0.4 is 10.6 Å². The Morgan fingerprint density at radius 3 is 2.59 bits per heavy atom. The molecule has 1 aliphatic heterocycles. The Bertz CT molecular complexity index is 853. The molecule has 0 aromatic heterocycles. The summed E-state index contributed by atoms with van der Waals surface area (Å²) in [5, 5.41) is 6.33. The van der Waals surface area contributed by atoms with Gasteiger partial charge in [-0.25, -0.2) is 4.79 Å². The van der Waals surface area contributed by atoms with Crippen LogP contribution in [0.25, 0.3) is 0 Å². The number of piperidine rings is 1. The van der Waals surface area contributed by atoms with Gasteiger partial charge >= 0.3 is 6.03 Å². The Morgan fingerprint density at radius 2 is 1.85 bits per heavy atom. The van der Waals surface area contributed by atoms with E-state index in [0.29, 0.717) is 23.8 Å². The first kappa shape index (κ1) is 19.2. The van der Waals surface area contributed by atoms with Crippen LogP contribution in [0.15, 0.2) is 42.5 Å². The van der Waals surface area contributed by atoms with Crippen LogP contribution >= 0.6 is 11.6 Å². The third-order valence-corrected chi connectivity index (χ3v) is 5.04. The van der Waals surface area contributed by atoms with Crippen LogP contribution in [0.2, 0.25) is 5.02 Å². The highest BCUT2D eigenvalue weighted by Gasteiger charge is 2.28. The maximum absolute atomic E-state index is 12.6. The lowest BCUT2D eigenvalue weighted by Crippen LogP contribution is -2.45. The number of amides is 3. The highest BCUT2D eigenvalue weighted by Crippen LogP contribution is 2.25. The number of benzene rings is 2. The number of nitrogens with one attached hydrogen (secondary N) is 2. The van der Waals surface area contributed by atoms with E-state index < -0.39 is 0 Å². The van der Waals surface area contributed by atoms with Crippen molar-refractivity contribution in [1.29, 1.82) is 0 Å². The van der Waals surface area contributed by atoms with E-state index in [1.54, 1.807) is 11.0 Å². The minimum absolute atomic E-state index is 0.103. The Labute approximate surface area is 164 Å². The molecule has 2 aromatic rings. The molecule has 1 unspecified atom stereocenters. The Kier molecular flexibility index (Phi) is 6.01. The number of halogens is 1. The summed E-state index contributed by atoms with van der Waals surface area (Å²) < 4.78 is 0. The molecule has 0 bridgehead atoms. The first-order valence-electron chi connectivity index (χ1n) is 9.12. The largest absolute Gasteiger partial charge is 0.324 e. The lowest BCUT2D eigenvalue weighted by molar-refractivity contribution is -0.121. The summed E-state index contributed by atoms with van der Waals surface area (Å²) in [7, 11) is 0. The molecule has 1 fully saturated rings. The first-order chi connectivity index (χ1) is 12.9. The van der Waals surface area contributed by atoms with Crippen molar-refractivity contribution >= 4 is 34.9 Å². The predicted octanol–water partition coefficient (Wildman–Crippen LogP) is 4.84. The summed E-state index contributed by atoms with van der Waals surface area (Å²) in [6.07, 6.45) is 1.55. The Hall–Kier alpha value is -2.53. The Morgan fingerprint density at radius 1 is 1.07 bits per heavy atom. The van der Waals surface area contributed by atoms with Crippen molar-refractivity contribution in [2.24, 2.45) is 5.92 Å². The molecule has 3 amide bonds. The molecule has 6 heteroatoms. The van der Waals surface area contributed by atoms with Crippen molar-refractivity contribution in [1.82, 2.24) is 4.90 Å². The van der Waals surface area contributed by atoms with Gasteiger partial charge in [0.2, 0.25) is 5.91 Å². The molecule has 0 saturated carbocycles. The highest BCUT2D eigenvalue weighted by atomic mass is 35.5. The van der Waals surface area contributed by atoms with E-state index in [1.165, 1.54) is 0 Å². The Balaban J connectivity index is 1.61. The van der Waals surface area contributed by atoms with E-state index >= 15 is 0 Å². The van der Waals surface area contributed by atoms with E-state index in [2.05, 4.69) is 10.6 Å². The van der Waals surface area contributed by atoms with Crippen molar-refractivity contribution in [2.45, 2.75) is 26.7 Å². The topological polar surface area (TPSA) is 61.4 Å². The van der Waals surface area contributed by atoms with Crippen molar-refractivity contribution < 1.29 is 9.59 Å². The molecule has 1 aliphatic rings. The summed E-state index contributed by atoms with van der Waals surface area (Å²) in [6, 6.07) is 13.0. The van der Waals surface area contributed by atoms with Gasteiger partial charge in [-0.15, -0.1) is 0 Å². The third kappa shape index (κ3) is 5.01. The second-order valence-electron chi connectivity index (χ2n) is 7.06. The smallest absolute Gasteiger partial charge is 0.321 e. The van der Waals surface area contributed by atoms with Gasteiger partial charge < -0.3 is 15.5 Å². The van der Waals surface area contributed by atoms with E-state index in [1.807, 2.05) is 50.2 Å². The zero-order valence-corrected chi connectivity index (χ0v) is 16.3. The number of carbonyl (C=O) groups is 2. The normalized spacial score (nSPS) is 16.7. The first-order valence-corrected chi connectivity index (χ1v) is 9.50. The molecule has 1 saturated heterocycles. The van der Waals surface area contributed by atoms with Crippen molar-refractivity contribution in [3.05, 3.63) is 58.6 Å². The average Bonchev–Trinajstić information content (AvgIpc) is 2.64. The number of anilines is 2. The summed E-state index contributed by atoms with van der Waals surface area (Å²) in [5.41, 5.74) is 3.49. The van der Waals surface area contributed by atoms with E-state index in [-0.39, 0.29) is 17.9 Å². The summed E-state index contributed by atoms with van der Waals surface area (Å²) in [4.78, 5) is 26.9. The van der Waals surface area contributed by atoms with Crippen LogP contribution in [0, 0.1) is 19.8 Å². The van der Waals surface area contributed by atoms with Gasteiger partial charge in [0.05, 0.1) is 16.6 Å². The van der Waals surface area contributed by atoms with Gasteiger partial charge in [-0.3, -0.25) is 4.79 Å². The molecule has 0 spiro atoms. The molecular formula is C21H24ClN3O2. The average molecular weight is 386 g/mol. The minimum atomic E-state index is -0.251. The highest BCUT2D eigenvalue weighted by molar-refractivity contribution is 6.33. The molecule has 2 aromatic carbocycles. The van der Waals surface area contributed by atoms with Gasteiger partial charge in [-0.2, -0.15) is 0 Å². The predicted molar refractivity (Wildman–Crippen MR) is 109 cm³/mol. The molecule has 0 aliphatic carbocycles. The fourth-order valence-corrected chi connectivity index (χ4v) is 3.54. The number of nitrogens with zero attached hydrogens (tertiary/aromatic N) is 1. The maximum atomic E-state index is 12.6. The standard InChI is InChI=1S/C21H24ClN3O2/c1-14-5-3-7-17(11-14)23-21(27)25-10-4-6-16(13-25)20(26)24-19-9-8-15(2)12-18(19)22/h3,5,7-9,11-12,16H,4,6,10,13H2,1-2H3,(H,23,27)(H,24,26). The van der Waals surface area contributed by atoms with E-state index in [4.69, 9.17) is 11.6 Å². The van der Waals surface area contributed by atoms with Gasteiger partial charge in [-0.05, 0) is 62.1 Å². The van der Waals surface area contributed by atoms with E-state index in [0.717, 1.165) is 29.7 Å². The molecular weight excluding hydrogens is 362 g/mol. The number of carbonyl (C=O) groups excluding carboxylic acids is 2. The van der Waals surface area contributed by atoms with Crippen LogP contribution in [0.4, 0.5) is 16.2 Å². The van der Waals surface area contributed by atoms with Crippen LogP contribution in [0.5, 0.6) is 0 Å². The van der Waals surface area contributed by atoms with Gasteiger partial charge in [0.1, 0.15) is 0 Å². The fraction of sp³-hybridized carbons (Fsp3) is 0.333. The number of hydrogen-bond donors (Lipinski definition) is 2. The van der Waals surface area contributed by atoms with Crippen LogP contribution in [-0.4, -0.2) is 29.9 Å². The zero-order chi connectivity index (χ0) is 19.4. The number of hydrogen-bond acceptors (Lipinski definition) is 2. The monoisotopic (exact) mass is 385 g/mol. The molecule has 5 nitrogen and oxygen atoms in total. The molecule has 142 valence electrons. The zero-order valence-electron chi connectivity index (χ0n) is 15.6. The van der Waals surface area contributed by atoms with Crippen molar-refractivity contribution in [2.75, 3.05) is 23.7 Å². The number of urea groups is 1. The number of rotatable bonds is 3. The fourth-order valence-electron chi connectivity index (χ4n) is 3.26. The second-order valence-corrected chi connectivity index (χ2v) is 7.46. The van der Waals surface area contributed by atoms with Crippen LogP contribution in [-0.2, 0) is 4.79 Å². The number of likely N-dealkylation sites (tertiary alicyclic amines) is 1. The van der Waals surface area contributed by atoms with Crippen molar-refractivity contribution in [3.63, 3.8) is 0 Å². The van der Waals surface area contributed by atoms with Crippen LogP contribution in [0.1, 0.15) is 24.0 Å². The SMILES string of the molecule is Cc1cccc(NC(=O)N2CCCC(C(=O)Nc3ccc(C)cc3Cl)C2)c1. The van der Waals surface area contributed by atoms with E-state index in [9.17, 15) is 9.59 Å². The number of aryl methyl sites for hydroxylation is 2. The van der Waals surface area contributed by atoms with Gasteiger partial charge in [0.15, 0.2) is 0 Å². The molecule has 0 radical (unpaired) electrons. The summed E-state index contributed by atoms with van der Waals surface area (Å²) >= 11 is 6.21. The molecule has 1 heterocycles. The third-order valence-electron chi connectivity index (χ3n) is 4.73. The summed E-state index contributed by atoms with van der Waals surface area (Å²) in [6.45, 7) is 4.97. The quantitative estimate of drug-likeness (QED) is 0.794. The lowest BCUT2D eigenvalue weighted by atomic mass is 9.97. The minimum Gasteiger partial charge on any atom is -0.324 e. The summed E-state index contributed by atoms with van der Waals surface area (Å²) in [5.74, 6) is -0.354. The molecule has 2 N–H and O–H groups in total. The lowest BCUT2D eigenvalue weighted by Gasteiger charge is -2.32. The molecule has 3 rings (SSSR count). The van der Waals surface area contributed by atoms with Gasteiger partial charge in [0, 0.05) is 18.8 Å². The maximum Gasteiger partial charge on any atom is 0.321 e. The molecule has 27 heavy (non-hydrogen) atoms. The van der Waals surface area contributed by atoms with Crippen molar-refractivity contribution in [3.8, 4) is 0 Å². The second kappa shape index (κ2) is 8.44. The van der Waals surface area contributed by atoms with Gasteiger partial charge in [-0.1, -0.05) is 29.8 Å². The van der Waals surface area contributed by atoms with Crippen LogP contribution in [0.3, 0.4) is 0 Å². The molecule has 1 atom stereocenters. The van der Waals surface area contributed by atoms with Gasteiger partial charge in [0.25, 0.3) is 0 Å².